The molecule has 1 aromatic carbocycles. The fourth-order valence-corrected chi connectivity index (χ4v) is 2.83. The lowest BCUT2D eigenvalue weighted by atomic mass is 10.1. The Morgan fingerprint density at radius 2 is 2.13 bits per heavy atom. The Hall–Kier alpha value is -2.19. The number of carbonyl (C=O) groups excluding carboxylic acids is 1. The number of likely N-dealkylation sites (tertiary alicyclic amines) is 1. The van der Waals surface area contributed by atoms with Crippen LogP contribution in [0.25, 0.3) is 6.08 Å². The lowest BCUT2D eigenvalue weighted by molar-refractivity contribution is -0.125. The second kappa shape index (κ2) is 7.89. The van der Waals surface area contributed by atoms with Crippen LogP contribution in [0.5, 0.6) is 11.5 Å². The van der Waals surface area contributed by atoms with Gasteiger partial charge >= 0.3 is 0 Å². The Morgan fingerprint density at radius 1 is 1.43 bits per heavy atom. The number of ether oxygens (including phenoxy) is 2. The molecule has 0 unspecified atom stereocenters. The Morgan fingerprint density at radius 3 is 2.70 bits per heavy atom. The first-order chi connectivity index (χ1) is 11.1. The minimum Gasteiger partial charge on any atom is -0.491 e. The van der Waals surface area contributed by atoms with Crippen molar-refractivity contribution in [3.8, 4) is 17.6 Å². The van der Waals surface area contributed by atoms with Crippen LogP contribution in [-0.4, -0.2) is 37.6 Å². The van der Waals surface area contributed by atoms with Crippen molar-refractivity contribution in [1.82, 2.24) is 4.90 Å². The van der Waals surface area contributed by atoms with E-state index in [2.05, 4.69) is 0 Å². The number of methoxy groups -OCH3 is 1. The quantitative estimate of drug-likeness (QED) is 0.612. The number of hydrogen-bond donors (Lipinski definition) is 0. The highest BCUT2D eigenvalue weighted by atomic mass is 35.5. The highest BCUT2D eigenvalue weighted by Gasteiger charge is 2.21. The molecule has 1 amide bonds. The highest BCUT2D eigenvalue weighted by molar-refractivity contribution is 6.32. The van der Waals surface area contributed by atoms with Gasteiger partial charge in [-0.2, -0.15) is 5.26 Å². The van der Waals surface area contributed by atoms with Gasteiger partial charge in [-0.25, -0.2) is 0 Å². The Balaban J connectivity index is 2.35. The van der Waals surface area contributed by atoms with Crippen LogP contribution in [0.3, 0.4) is 0 Å². The predicted octanol–water partition coefficient (Wildman–Crippen LogP) is 3.28. The van der Waals surface area contributed by atoms with E-state index in [1.807, 2.05) is 13.0 Å². The van der Waals surface area contributed by atoms with Gasteiger partial charge in [-0.3, -0.25) is 4.79 Å². The predicted molar refractivity (Wildman–Crippen MR) is 88.6 cm³/mol. The smallest absolute Gasteiger partial charge is 0.264 e. The van der Waals surface area contributed by atoms with Gasteiger partial charge in [0.15, 0.2) is 11.5 Å². The van der Waals surface area contributed by atoms with Crippen LogP contribution in [-0.2, 0) is 4.79 Å². The lowest BCUT2D eigenvalue weighted by Gasteiger charge is -2.15. The molecule has 5 nitrogen and oxygen atoms in total. The van der Waals surface area contributed by atoms with Crippen LogP contribution in [0.1, 0.15) is 25.3 Å². The lowest BCUT2D eigenvalue weighted by Crippen LogP contribution is -2.28. The third-order valence-corrected chi connectivity index (χ3v) is 3.87. The summed E-state index contributed by atoms with van der Waals surface area (Å²) in [7, 11) is 1.51. The molecule has 0 bridgehead atoms. The van der Waals surface area contributed by atoms with E-state index in [1.54, 1.807) is 17.0 Å². The minimum atomic E-state index is -0.241. The van der Waals surface area contributed by atoms with Gasteiger partial charge in [0.1, 0.15) is 11.6 Å². The fraction of sp³-hybridized carbons (Fsp3) is 0.412. The topological polar surface area (TPSA) is 62.6 Å². The number of rotatable bonds is 5. The number of amides is 1. The molecule has 2 rings (SSSR count). The maximum atomic E-state index is 12.3. The van der Waals surface area contributed by atoms with Crippen LogP contribution in [0.2, 0.25) is 5.02 Å². The molecule has 1 saturated heterocycles. The van der Waals surface area contributed by atoms with Crippen molar-refractivity contribution < 1.29 is 14.3 Å². The summed E-state index contributed by atoms with van der Waals surface area (Å²) in [6.45, 7) is 3.71. The monoisotopic (exact) mass is 334 g/mol. The molecule has 0 aromatic heterocycles. The molecule has 23 heavy (non-hydrogen) atoms. The number of benzene rings is 1. The van der Waals surface area contributed by atoms with Crippen LogP contribution in [0.4, 0.5) is 0 Å². The van der Waals surface area contributed by atoms with E-state index in [1.165, 1.54) is 13.2 Å². The molecule has 0 N–H and O–H groups in total. The number of carbonyl (C=O) groups is 1. The Labute approximate surface area is 141 Å². The second-order valence-electron chi connectivity index (χ2n) is 5.14. The summed E-state index contributed by atoms with van der Waals surface area (Å²) >= 11 is 6.19. The van der Waals surface area contributed by atoms with E-state index in [0.717, 1.165) is 12.8 Å². The molecule has 1 aliphatic heterocycles. The highest BCUT2D eigenvalue weighted by Crippen LogP contribution is 2.37. The van der Waals surface area contributed by atoms with Gasteiger partial charge in [0.25, 0.3) is 5.91 Å². The van der Waals surface area contributed by atoms with E-state index in [0.29, 0.717) is 41.8 Å². The fourth-order valence-electron chi connectivity index (χ4n) is 2.53. The summed E-state index contributed by atoms with van der Waals surface area (Å²) in [5.41, 5.74) is 0.721. The van der Waals surface area contributed by atoms with Crippen molar-refractivity contribution in [2.24, 2.45) is 0 Å². The maximum absolute atomic E-state index is 12.3. The normalized spacial score (nSPS) is 14.5. The number of halogens is 1. The van der Waals surface area contributed by atoms with Crippen molar-refractivity contribution in [3.05, 3.63) is 28.3 Å². The van der Waals surface area contributed by atoms with E-state index in [4.69, 9.17) is 21.1 Å². The van der Waals surface area contributed by atoms with Gasteiger partial charge in [-0.1, -0.05) is 11.6 Å². The van der Waals surface area contributed by atoms with Crippen LogP contribution < -0.4 is 9.47 Å². The molecule has 1 aromatic rings. The van der Waals surface area contributed by atoms with Crippen LogP contribution in [0.15, 0.2) is 17.7 Å². The standard InChI is InChI=1S/C17H19ClN2O3/c1-3-23-15-10-12(9-14(18)16(15)22-2)8-13(11-19)17(21)20-6-4-5-7-20/h8-10H,3-7H2,1-2H3/b13-8+. The summed E-state index contributed by atoms with van der Waals surface area (Å²) in [4.78, 5) is 14.0. The van der Waals surface area contributed by atoms with Gasteiger partial charge in [0.05, 0.1) is 18.7 Å². The Bertz CT molecular complexity index is 659. The third kappa shape index (κ3) is 3.96. The molecular formula is C17H19ClN2O3. The van der Waals surface area contributed by atoms with Crippen molar-refractivity contribution in [3.63, 3.8) is 0 Å². The van der Waals surface area contributed by atoms with Crippen LogP contribution in [0, 0.1) is 11.3 Å². The molecule has 0 atom stereocenters. The molecule has 1 aliphatic rings. The first-order valence-corrected chi connectivity index (χ1v) is 7.90. The van der Waals surface area contributed by atoms with Crippen molar-refractivity contribution in [1.29, 1.82) is 5.26 Å². The van der Waals surface area contributed by atoms with Gasteiger partial charge < -0.3 is 14.4 Å². The molecule has 1 fully saturated rings. The summed E-state index contributed by atoms with van der Waals surface area (Å²) < 4.78 is 10.7. The molecule has 122 valence electrons. The van der Waals surface area contributed by atoms with E-state index in [9.17, 15) is 10.1 Å². The SMILES string of the molecule is CCOc1cc(/C=C(\C#N)C(=O)N2CCCC2)cc(Cl)c1OC. The largest absolute Gasteiger partial charge is 0.491 e. The van der Waals surface area contributed by atoms with Gasteiger partial charge in [-0.05, 0) is 43.5 Å². The zero-order valence-corrected chi connectivity index (χ0v) is 14.0. The summed E-state index contributed by atoms with van der Waals surface area (Å²) in [6.07, 6.45) is 3.50. The number of nitrogens with zero attached hydrogens (tertiary/aromatic N) is 2. The van der Waals surface area contributed by atoms with Crippen molar-refractivity contribution >= 4 is 23.6 Å². The van der Waals surface area contributed by atoms with Crippen molar-refractivity contribution in [2.45, 2.75) is 19.8 Å². The second-order valence-corrected chi connectivity index (χ2v) is 5.54. The van der Waals surface area contributed by atoms with Gasteiger partial charge in [0, 0.05) is 13.1 Å². The minimum absolute atomic E-state index is 0.0931. The maximum Gasteiger partial charge on any atom is 0.264 e. The first kappa shape index (κ1) is 17.2. The van der Waals surface area contributed by atoms with E-state index < -0.39 is 0 Å². The number of nitriles is 1. The average Bonchev–Trinajstić information content (AvgIpc) is 3.06. The molecular weight excluding hydrogens is 316 g/mol. The third-order valence-electron chi connectivity index (χ3n) is 3.59. The summed E-state index contributed by atoms with van der Waals surface area (Å²) in [5, 5.41) is 9.68. The summed E-state index contributed by atoms with van der Waals surface area (Å²) in [5.74, 6) is 0.685. The number of hydrogen-bond acceptors (Lipinski definition) is 4. The molecule has 0 aliphatic carbocycles. The van der Waals surface area contributed by atoms with E-state index in [-0.39, 0.29) is 11.5 Å². The summed E-state index contributed by atoms with van der Waals surface area (Å²) in [6, 6.07) is 5.34. The molecule has 0 saturated carbocycles. The molecule has 0 radical (unpaired) electrons. The first-order valence-electron chi connectivity index (χ1n) is 7.52. The average molecular weight is 335 g/mol. The molecule has 0 spiro atoms. The van der Waals surface area contributed by atoms with Crippen LogP contribution >= 0.6 is 11.6 Å². The molecule has 1 heterocycles. The van der Waals surface area contributed by atoms with Gasteiger partial charge in [-0.15, -0.1) is 0 Å². The van der Waals surface area contributed by atoms with Crippen molar-refractivity contribution in [2.75, 3.05) is 26.8 Å². The van der Waals surface area contributed by atoms with E-state index >= 15 is 0 Å². The zero-order chi connectivity index (χ0) is 16.8. The Kier molecular flexibility index (Phi) is 5.89. The zero-order valence-electron chi connectivity index (χ0n) is 13.3. The van der Waals surface area contributed by atoms with Gasteiger partial charge in [0.2, 0.25) is 0 Å². The molecule has 6 heteroatoms.